The van der Waals surface area contributed by atoms with Crippen molar-refractivity contribution < 1.29 is 23.8 Å². The number of carbonyl (C=O) groups excluding carboxylic acids is 2. The van der Waals surface area contributed by atoms with Crippen molar-refractivity contribution in [1.82, 2.24) is 0 Å². The summed E-state index contributed by atoms with van der Waals surface area (Å²) in [4.78, 5) is 25.4. The zero-order valence-electron chi connectivity index (χ0n) is 40.9. The molecule has 0 bridgehead atoms. The van der Waals surface area contributed by atoms with Gasteiger partial charge in [0.05, 0.1) is 6.61 Å². The highest BCUT2D eigenvalue weighted by Crippen LogP contribution is 2.14. The van der Waals surface area contributed by atoms with Crippen molar-refractivity contribution in [1.29, 1.82) is 0 Å². The third-order valence-electron chi connectivity index (χ3n) is 10.9. The van der Waals surface area contributed by atoms with Crippen molar-refractivity contribution in [2.24, 2.45) is 0 Å². The smallest absolute Gasteiger partial charge is 0.306 e. The van der Waals surface area contributed by atoms with Crippen LogP contribution in [0.2, 0.25) is 0 Å². The maximum absolute atomic E-state index is 12.8. The van der Waals surface area contributed by atoms with Crippen molar-refractivity contribution in [2.45, 2.75) is 245 Å². The topological polar surface area (TPSA) is 61.8 Å². The van der Waals surface area contributed by atoms with Gasteiger partial charge >= 0.3 is 11.9 Å². The fourth-order valence-corrected chi connectivity index (χ4v) is 7.10. The number of allylic oxidation sites excluding steroid dienone is 14. The van der Waals surface area contributed by atoms with Crippen LogP contribution in [-0.2, 0) is 23.8 Å². The maximum Gasteiger partial charge on any atom is 0.306 e. The van der Waals surface area contributed by atoms with Gasteiger partial charge in [0.15, 0.2) is 6.10 Å². The van der Waals surface area contributed by atoms with Gasteiger partial charge in [-0.05, 0) is 89.9 Å². The Hall–Kier alpha value is -2.92. The second-order valence-corrected chi connectivity index (χ2v) is 17.0. The summed E-state index contributed by atoms with van der Waals surface area (Å²) in [5.41, 5.74) is 0. The van der Waals surface area contributed by atoms with Crippen molar-refractivity contribution in [3.05, 3.63) is 85.1 Å². The highest BCUT2D eigenvalue weighted by molar-refractivity contribution is 5.70. The van der Waals surface area contributed by atoms with Gasteiger partial charge in [-0.3, -0.25) is 9.59 Å². The lowest BCUT2D eigenvalue weighted by atomic mass is 10.0. The van der Waals surface area contributed by atoms with Crippen molar-refractivity contribution >= 4 is 11.9 Å². The molecule has 0 heterocycles. The molecule has 0 saturated carbocycles. The SMILES string of the molecule is CC/C=C\C/C=C\C/C=C\C/C=C\CCCCCCC(=O)OCC(COCCCCCCCCCCCCCCCC)OC(=O)CCCCCCC/C=C\C/C=C\C/C=C\CC. The molecule has 356 valence electrons. The Bertz CT molecular complexity index is 1160. The van der Waals surface area contributed by atoms with Crippen LogP contribution in [0.1, 0.15) is 239 Å². The number of hydrogen-bond acceptors (Lipinski definition) is 5. The first-order valence-electron chi connectivity index (χ1n) is 26.1. The van der Waals surface area contributed by atoms with Crippen LogP contribution < -0.4 is 0 Å². The number of rotatable bonds is 47. The molecule has 0 radical (unpaired) electrons. The van der Waals surface area contributed by atoms with Crippen LogP contribution in [0.5, 0.6) is 0 Å². The average Bonchev–Trinajstić information content (AvgIpc) is 3.27. The minimum atomic E-state index is -0.557. The fourth-order valence-electron chi connectivity index (χ4n) is 7.10. The molecule has 0 fully saturated rings. The highest BCUT2D eigenvalue weighted by Gasteiger charge is 2.17. The summed E-state index contributed by atoms with van der Waals surface area (Å²) in [5.74, 6) is -0.441. The molecule has 0 aliphatic heterocycles. The van der Waals surface area contributed by atoms with E-state index in [1.165, 1.54) is 89.9 Å². The molecular weight excluding hydrogens is 765 g/mol. The monoisotopic (exact) mass is 863 g/mol. The third kappa shape index (κ3) is 49.7. The molecule has 0 spiro atoms. The van der Waals surface area contributed by atoms with Crippen LogP contribution in [0.4, 0.5) is 0 Å². The Labute approximate surface area is 384 Å². The summed E-state index contributed by atoms with van der Waals surface area (Å²) in [6.07, 6.45) is 68.7. The van der Waals surface area contributed by atoms with Gasteiger partial charge < -0.3 is 14.2 Å². The summed E-state index contributed by atoms with van der Waals surface area (Å²) in [5, 5.41) is 0. The van der Waals surface area contributed by atoms with Gasteiger partial charge in [0, 0.05) is 19.4 Å². The number of esters is 2. The lowest BCUT2D eigenvalue weighted by Crippen LogP contribution is -2.30. The number of hydrogen-bond donors (Lipinski definition) is 0. The number of carbonyl (C=O) groups is 2. The molecule has 0 N–H and O–H groups in total. The van der Waals surface area contributed by atoms with Crippen LogP contribution in [0, 0.1) is 0 Å². The number of ether oxygens (including phenoxy) is 3. The molecule has 5 nitrogen and oxygen atoms in total. The van der Waals surface area contributed by atoms with Crippen LogP contribution in [0.25, 0.3) is 0 Å². The summed E-state index contributed by atoms with van der Waals surface area (Å²) in [7, 11) is 0. The van der Waals surface area contributed by atoms with Gasteiger partial charge in [-0.15, -0.1) is 0 Å². The Kier molecular flexibility index (Phi) is 50.0. The predicted octanol–water partition coefficient (Wildman–Crippen LogP) is 17.7. The summed E-state index contributed by atoms with van der Waals surface area (Å²) in [6.45, 7) is 7.57. The first-order valence-corrected chi connectivity index (χ1v) is 26.1. The molecule has 0 amide bonds. The normalized spacial score (nSPS) is 12.9. The van der Waals surface area contributed by atoms with E-state index in [1.807, 2.05) is 0 Å². The first kappa shape index (κ1) is 59.1. The van der Waals surface area contributed by atoms with E-state index in [9.17, 15) is 9.59 Å². The van der Waals surface area contributed by atoms with E-state index in [4.69, 9.17) is 14.2 Å². The summed E-state index contributed by atoms with van der Waals surface area (Å²) < 4.78 is 17.4. The second-order valence-electron chi connectivity index (χ2n) is 17.0. The average molecular weight is 863 g/mol. The Morgan fingerprint density at radius 1 is 0.371 bits per heavy atom. The Morgan fingerprint density at radius 2 is 0.726 bits per heavy atom. The van der Waals surface area contributed by atoms with Crippen LogP contribution in [0.15, 0.2) is 85.1 Å². The zero-order valence-corrected chi connectivity index (χ0v) is 40.9. The standard InChI is InChI=1S/C57H98O5/c1-4-7-10-13-16-19-22-25-28-29-31-32-35-38-41-44-47-50-56(58)61-54-55(53-60-52-49-46-43-40-37-34-27-24-21-18-15-12-9-6-3)62-57(59)51-48-45-42-39-36-33-30-26-23-20-17-14-11-8-5-2/h7-8,10-11,16-17,19-20,25-26,28,30-32,55H,4-6,9,12-15,18,21-24,27,29,33-54H2,1-3H3/b10-7-,11-8-,19-16-,20-17-,28-25-,30-26-,32-31-. The zero-order chi connectivity index (χ0) is 44.9. The predicted molar refractivity (Wildman–Crippen MR) is 270 cm³/mol. The van der Waals surface area contributed by atoms with E-state index in [2.05, 4.69) is 106 Å². The lowest BCUT2D eigenvalue weighted by Gasteiger charge is -2.18. The van der Waals surface area contributed by atoms with Gasteiger partial charge in [0.25, 0.3) is 0 Å². The molecule has 0 saturated heterocycles. The maximum atomic E-state index is 12.8. The molecule has 0 aliphatic carbocycles. The minimum Gasteiger partial charge on any atom is -0.462 e. The molecule has 5 heteroatoms. The Morgan fingerprint density at radius 3 is 1.16 bits per heavy atom. The fraction of sp³-hybridized carbons (Fsp3) is 0.719. The van der Waals surface area contributed by atoms with Gasteiger partial charge in [-0.25, -0.2) is 0 Å². The van der Waals surface area contributed by atoms with Crippen molar-refractivity contribution in [2.75, 3.05) is 19.8 Å². The van der Waals surface area contributed by atoms with Gasteiger partial charge in [0.1, 0.15) is 6.61 Å². The quantitative estimate of drug-likeness (QED) is 0.0346. The van der Waals surface area contributed by atoms with Crippen LogP contribution in [-0.4, -0.2) is 37.9 Å². The van der Waals surface area contributed by atoms with Crippen LogP contribution in [0.3, 0.4) is 0 Å². The molecule has 0 rings (SSSR count). The van der Waals surface area contributed by atoms with Gasteiger partial charge in [0.2, 0.25) is 0 Å². The lowest BCUT2D eigenvalue weighted by molar-refractivity contribution is -0.163. The molecule has 0 aromatic rings. The number of unbranched alkanes of at least 4 members (excludes halogenated alkanes) is 22. The van der Waals surface area contributed by atoms with Crippen molar-refractivity contribution in [3.63, 3.8) is 0 Å². The van der Waals surface area contributed by atoms with E-state index in [0.29, 0.717) is 19.4 Å². The van der Waals surface area contributed by atoms with E-state index in [-0.39, 0.29) is 25.2 Å². The minimum absolute atomic E-state index is 0.0638. The molecule has 0 aromatic heterocycles. The Balaban J connectivity index is 4.34. The third-order valence-corrected chi connectivity index (χ3v) is 10.9. The van der Waals surface area contributed by atoms with E-state index in [1.54, 1.807) is 0 Å². The van der Waals surface area contributed by atoms with Gasteiger partial charge in [-0.2, -0.15) is 0 Å². The first-order chi connectivity index (χ1) is 30.6. The van der Waals surface area contributed by atoms with Crippen molar-refractivity contribution in [3.8, 4) is 0 Å². The van der Waals surface area contributed by atoms with E-state index < -0.39 is 6.10 Å². The van der Waals surface area contributed by atoms with Crippen LogP contribution >= 0.6 is 0 Å². The molecule has 62 heavy (non-hydrogen) atoms. The molecule has 0 aliphatic rings. The highest BCUT2D eigenvalue weighted by atomic mass is 16.6. The second kappa shape index (κ2) is 52.4. The molecule has 0 aromatic carbocycles. The van der Waals surface area contributed by atoms with E-state index >= 15 is 0 Å². The molecule has 1 atom stereocenters. The summed E-state index contributed by atoms with van der Waals surface area (Å²) >= 11 is 0. The van der Waals surface area contributed by atoms with Gasteiger partial charge in [-0.1, -0.05) is 221 Å². The largest absolute Gasteiger partial charge is 0.462 e. The summed E-state index contributed by atoms with van der Waals surface area (Å²) in [6, 6.07) is 0. The molecule has 1 unspecified atom stereocenters. The van der Waals surface area contributed by atoms with E-state index in [0.717, 1.165) is 116 Å². The molecular formula is C57H98O5.